The molecule has 7 nitrogen and oxygen atoms in total. The number of pyridine rings is 1. The normalized spacial score (nSPS) is 30.8. The van der Waals surface area contributed by atoms with Crippen LogP contribution in [0, 0.1) is 0 Å². The summed E-state index contributed by atoms with van der Waals surface area (Å²) in [4.78, 5) is 6.46. The molecule has 0 unspecified atom stereocenters. The monoisotopic (exact) mass is 359 g/mol. The minimum Gasteiger partial charge on any atom is -0.468 e. The van der Waals surface area contributed by atoms with Gasteiger partial charge in [0.1, 0.15) is 11.9 Å². The Balaban J connectivity index is 1.39. The van der Waals surface area contributed by atoms with Crippen LogP contribution in [-0.4, -0.2) is 65.8 Å². The lowest BCUT2D eigenvalue weighted by molar-refractivity contribution is -0.178. The molecule has 2 aliphatic heterocycles. The number of furan rings is 1. The smallest absolute Gasteiger partial charge is 0.176 e. The fraction of sp³-hybridized carbons (Fsp3) is 0.526. The third-order valence-electron chi connectivity index (χ3n) is 5.18. The maximum Gasteiger partial charge on any atom is 0.176 e. The van der Waals surface area contributed by atoms with E-state index in [9.17, 15) is 5.11 Å². The molecule has 7 heteroatoms. The van der Waals surface area contributed by atoms with Gasteiger partial charge < -0.3 is 24.3 Å². The summed E-state index contributed by atoms with van der Waals surface area (Å²) >= 11 is 0. The molecular weight excluding hydrogens is 334 g/mol. The van der Waals surface area contributed by atoms with Crippen LogP contribution in [0.25, 0.3) is 0 Å². The van der Waals surface area contributed by atoms with Gasteiger partial charge in [0.25, 0.3) is 0 Å². The Morgan fingerprint density at radius 1 is 1.31 bits per heavy atom. The zero-order valence-corrected chi connectivity index (χ0v) is 14.8. The summed E-state index contributed by atoms with van der Waals surface area (Å²) in [5, 5.41) is 14.4. The van der Waals surface area contributed by atoms with Gasteiger partial charge in [-0.05, 0) is 31.3 Å². The van der Waals surface area contributed by atoms with Crippen molar-refractivity contribution in [3.05, 3.63) is 54.2 Å². The Kier molecular flexibility index (Phi) is 5.33. The molecule has 2 saturated heterocycles. The molecule has 0 aromatic carbocycles. The molecular formula is C19H25N3O4. The summed E-state index contributed by atoms with van der Waals surface area (Å²) in [6.45, 7) is 1.79. The fourth-order valence-corrected chi connectivity index (χ4v) is 3.74. The van der Waals surface area contributed by atoms with Crippen LogP contribution in [0.15, 0.2) is 47.2 Å². The lowest BCUT2D eigenvalue weighted by Crippen LogP contribution is -2.63. The number of hydrogen-bond donors (Lipinski definition) is 2. The highest BCUT2D eigenvalue weighted by Crippen LogP contribution is 2.31. The van der Waals surface area contributed by atoms with Crippen LogP contribution in [0.3, 0.4) is 0 Å². The maximum absolute atomic E-state index is 11.0. The number of rotatable bonds is 7. The highest BCUT2D eigenvalue weighted by atomic mass is 16.7. The van der Waals surface area contributed by atoms with E-state index in [1.807, 2.05) is 37.4 Å². The summed E-state index contributed by atoms with van der Waals surface area (Å²) in [7, 11) is 1.99. The number of ether oxygens (including phenoxy) is 2. The van der Waals surface area contributed by atoms with E-state index in [-0.39, 0.29) is 18.2 Å². The zero-order chi connectivity index (χ0) is 17.9. The van der Waals surface area contributed by atoms with E-state index in [1.165, 1.54) is 0 Å². The van der Waals surface area contributed by atoms with Crippen molar-refractivity contribution in [2.24, 2.45) is 0 Å². The van der Waals surface area contributed by atoms with Crippen LogP contribution >= 0.6 is 0 Å². The van der Waals surface area contributed by atoms with Crippen LogP contribution in [0.1, 0.15) is 11.5 Å². The van der Waals surface area contributed by atoms with Crippen LogP contribution in [0.5, 0.6) is 0 Å². The van der Waals surface area contributed by atoms with Gasteiger partial charge in [-0.15, -0.1) is 0 Å². The number of hydrogen-bond acceptors (Lipinski definition) is 7. The average molecular weight is 359 g/mol. The second-order valence-electron chi connectivity index (χ2n) is 6.90. The third-order valence-corrected chi connectivity index (χ3v) is 5.18. The van der Waals surface area contributed by atoms with E-state index in [0.717, 1.165) is 24.4 Å². The van der Waals surface area contributed by atoms with Gasteiger partial charge in [0.05, 0.1) is 37.6 Å². The Labute approximate surface area is 152 Å². The van der Waals surface area contributed by atoms with Gasteiger partial charge >= 0.3 is 0 Å². The van der Waals surface area contributed by atoms with Gasteiger partial charge in [-0.1, -0.05) is 6.07 Å². The van der Waals surface area contributed by atoms with Crippen LogP contribution < -0.4 is 5.32 Å². The van der Waals surface area contributed by atoms with E-state index in [0.29, 0.717) is 13.2 Å². The Morgan fingerprint density at radius 3 is 3.00 bits per heavy atom. The first-order valence-electron chi connectivity index (χ1n) is 9.03. The van der Waals surface area contributed by atoms with Gasteiger partial charge in [0.2, 0.25) is 0 Å². The van der Waals surface area contributed by atoms with Crippen molar-refractivity contribution in [1.82, 2.24) is 15.2 Å². The van der Waals surface area contributed by atoms with Crippen LogP contribution in [-0.2, 0) is 22.4 Å². The molecule has 0 saturated carbocycles. The standard InChI is InChI=1S/C19H25N3O4/c1-22(9-7-13-5-2-3-8-20-13)17-18(23)16(15-12-25-19(17)26-15)21-11-14-6-4-10-24-14/h2-6,8,10,15-19,21,23H,7,9,11-12H2,1H3/t15-,16-,17-,18+,19-/m1/s1. The minimum absolute atomic E-state index is 0.148. The average Bonchev–Trinajstić information content (AvgIpc) is 3.32. The number of aliphatic hydroxyl groups excluding tert-OH is 1. The van der Waals surface area contributed by atoms with Crippen molar-refractivity contribution in [2.45, 2.75) is 43.5 Å². The Hall–Kier alpha value is -1.77. The summed E-state index contributed by atoms with van der Waals surface area (Å²) < 4.78 is 17.2. The quantitative estimate of drug-likeness (QED) is 0.757. The van der Waals surface area contributed by atoms with Gasteiger partial charge in [-0.3, -0.25) is 9.88 Å². The van der Waals surface area contributed by atoms with Crippen molar-refractivity contribution in [3.8, 4) is 0 Å². The molecule has 140 valence electrons. The molecule has 26 heavy (non-hydrogen) atoms. The molecule has 4 rings (SSSR count). The minimum atomic E-state index is -0.593. The van der Waals surface area contributed by atoms with Gasteiger partial charge in [0.15, 0.2) is 6.29 Å². The molecule has 0 aliphatic carbocycles. The molecule has 0 radical (unpaired) electrons. The Morgan fingerprint density at radius 2 is 2.23 bits per heavy atom. The second-order valence-corrected chi connectivity index (χ2v) is 6.90. The van der Waals surface area contributed by atoms with Crippen LogP contribution in [0.4, 0.5) is 0 Å². The number of nitrogens with zero attached hydrogens (tertiary/aromatic N) is 2. The molecule has 2 N–H and O–H groups in total. The molecule has 2 aromatic heterocycles. The first-order valence-corrected chi connectivity index (χ1v) is 9.03. The molecule has 2 aliphatic rings. The van der Waals surface area contributed by atoms with Crippen molar-refractivity contribution in [2.75, 3.05) is 20.2 Å². The maximum atomic E-state index is 11.0. The van der Waals surface area contributed by atoms with Crippen molar-refractivity contribution in [3.63, 3.8) is 0 Å². The predicted molar refractivity (Wildman–Crippen MR) is 94.3 cm³/mol. The molecule has 0 spiro atoms. The number of likely N-dealkylation sites (N-methyl/N-ethyl adjacent to an activating group) is 1. The summed E-state index contributed by atoms with van der Waals surface area (Å²) in [5.74, 6) is 0.832. The lowest BCUT2D eigenvalue weighted by atomic mass is 9.95. The zero-order valence-electron chi connectivity index (χ0n) is 14.8. The van der Waals surface area contributed by atoms with E-state index in [1.54, 1.807) is 12.5 Å². The van der Waals surface area contributed by atoms with E-state index in [4.69, 9.17) is 13.9 Å². The van der Waals surface area contributed by atoms with Crippen molar-refractivity contribution < 1.29 is 19.0 Å². The number of aliphatic hydroxyl groups is 1. The lowest BCUT2D eigenvalue weighted by Gasteiger charge is -2.42. The molecule has 2 aromatic rings. The molecule has 2 bridgehead atoms. The highest BCUT2D eigenvalue weighted by Gasteiger charge is 2.51. The van der Waals surface area contributed by atoms with E-state index >= 15 is 0 Å². The largest absolute Gasteiger partial charge is 0.468 e. The van der Waals surface area contributed by atoms with E-state index in [2.05, 4.69) is 15.2 Å². The van der Waals surface area contributed by atoms with Crippen LogP contribution in [0.2, 0.25) is 0 Å². The molecule has 0 amide bonds. The fourth-order valence-electron chi connectivity index (χ4n) is 3.74. The highest BCUT2D eigenvalue weighted by molar-refractivity contribution is 5.06. The third kappa shape index (κ3) is 3.67. The molecule has 4 heterocycles. The van der Waals surface area contributed by atoms with Crippen molar-refractivity contribution >= 4 is 0 Å². The topological polar surface area (TPSA) is 80.0 Å². The SMILES string of the molecule is CN(CCc1ccccn1)[C@H]1[C@@H]2OC[C@@H](O2)[C@@H](NCc2ccco2)[C@@H]1O. The first kappa shape index (κ1) is 17.6. The molecule has 2 fully saturated rings. The summed E-state index contributed by atoms with van der Waals surface area (Å²) in [6.07, 6.45) is 3.11. The van der Waals surface area contributed by atoms with Gasteiger partial charge in [-0.2, -0.15) is 0 Å². The number of fused-ring (bicyclic) bond motifs is 2. The number of nitrogens with one attached hydrogen (secondary N) is 1. The second kappa shape index (κ2) is 7.85. The summed E-state index contributed by atoms with van der Waals surface area (Å²) in [6, 6.07) is 9.24. The first-order chi connectivity index (χ1) is 12.7. The van der Waals surface area contributed by atoms with E-state index < -0.39 is 12.4 Å². The van der Waals surface area contributed by atoms with Crippen molar-refractivity contribution in [1.29, 1.82) is 0 Å². The predicted octanol–water partition coefficient (Wildman–Crippen LogP) is 0.792. The number of aromatic nitrogens is 1. The van der Waals surface area contributed by atoms with Gasteiger partial charge in [0, 0.05) is 24.9 Å². The Bertz CT molecular complexity index is 681. The summed E-state index contributed by atoms with van der Waals surface area (Å²) in [5.41, 5.74) is 1.03. The molecule has 5 atom stereocenters. The van der Waals surface area contributed by atoms with Gasteiger partial charge in [-0.25, -0.2) is 0 Å².